The van der Waals surface area contributed by atoms with E-state index in [2.05, 4.69) is 13.8 Å². The summed E-state index contributed by atoms with van der Waals surface area (Å²) in [6.45, 7) is 19.7. The summed E-state index contributed by atoms with van der Waals surface area (Å²) in [5, 5.41) is 0. The molecule has 180 valence electrons. The second-order valence-corrected chi connectivity index (χ2v) is 10.8. The Balaban J connectivity index is 1.29. The maximum absolute atomic E-state index is 6.22. The van der Waals surface area contributed by atoms with E-state index in [1.165, 1.54) is 6.54 Å². The molecule has 31 heavy (non-hydrogen) atoms. The van der Waals surface area contributed by atoms with Gasteiger partial charge in [0.25, 0.3) is 0 Å². The first-order chi connectivity index (χ1) is 14.6. The Labute approximate surface area is 187 Å². The van der Waals surface area contributed by atoms with Gasteiger partial charge in [0.15, 0.2) is 17.9 Å². The molecule has 0 aromatic rings. The predicted molar refractivity (Wildman–Crippen MR) is 113 cm³/mol. The van der Waals surface area contributed by atoms with Crippen molar-refractivity contribution in [3.8, 4) is 0 Å². The van der Waals surface area contributed by atoms with Crippen LogP contribution in [0, 0.1) is 5.92 Å². The average molecular weight is 445 g/mol. The van der Waals surface area contributed by atoms with Gasteiger partial charge < -0.3 is 37.6 Å². The number of quaternary nitrogens is 1. The van der Waals surface area contributed by atoms with E-state index in [1.807, 2.05) is 27.7 Å². The van der Waals surface area contributed by atoms with Crippen LogP contribution in [0.25, 0.3) is 0 Å². The molecule has 8 nitrogen and oxygen atoms in total. The highest BCUT2D eigenvalue weighted by Crippen LogP contribution is 2.44. The summed E-state index contributed by atoms with van der Waals surface area (Å²) in [5.41, 5.74) is 0. The summed E-state index contributed by atoms with van der Waals surface area (Å²) in [4.78, 5) is 0. The van der Waals surface area contributed by atoms with E-state index in [0.29, 0.717) is 19.1 Å². The Morgan fingerprint density at radius 2 is 1.55 bits per heavy atom. The molecule has 4 fully saturated rings. The maximum atomic E-state index is 6.22. The quantitative estimate of drug-likeness (QED) is 0.420. The van der Waals surface area contributed by atoms with E-state index in [1.54, 1.807) is 0 Å². The Morgan fingerprint density at radius 1 is 0.903 bits per heavy atom. The standard InChI is InChI=1S/C23H42NO7/c1-16(2)14-24(9-12-25-13-10-24)8-7-11-26-15-17-18-19(29-22(3,4)28-18)20-21(27-17)31-23(5,6)30-20/h16-21H,7-15H2,1-6H3/q+1. The molecule has 0 bridgehead atoms. The summed E-state index contributed by atoms with van der Waals surface area (Å²) in [6, 6.07) is 0. The van der Waals surface area contributed by atoms with Crippen molar-refractivity contribution in [1.29, 1.82) is 0 Å². The normalized spacial score (nSPS) is 38.2. The second kappa shape index (κ2) is 9.14. The van der Waals surface area contributed by atoms with E-state index in [-0.39, 0.29) is 24.4 Å². The molecule has 0 aromatic carbocycles. The van der Waals surface area contributed by atoms with Crippen LogP contribution in [0.4, 0.5) is 0 Å². The number of ether oxygens (including phenoxy) is 7. The van der Waals surface area contributed by atoms with Crippen molar-refractivity contribution in [2.75, 3.05) is 52.6 Å². The van der Waals surface area contributed by atoms with Gasteiger partial charge in [0.05, 0.1) is 39.5 Å². The maximum Gasteiger partial charge on any atom is 0.190 e. The lowest BCUT2D eigenvalue weighted by molar-refractivity contribution is -0.938. The van der Waals surface area contributed by atoms with Crippen LogP contribution in [0.1, 0.15) is 48.0 Å². The van der Waals surface area contributed by atoms with E-state index >= 15 is 0 Å². The molecule has 5 atom stereocenters. The lowest BCUT2D eigenvalue weighted by atomic mass is 9.99. The fourth-order valence-electron chi connectivity index (χ4n) is 5.53. The molecule has 0 radical (unpaired) electrons. The predicted octanol–water partition coefficient (Wildman–Crippen LogP) is 2.29. The number of hydrogen-bond donors (Lipinski definition) is 0. The summed E-state index contributed by atoms with van der Waals surface area (Å²) in [5.74, 6) is -0.690. The Kier molecular flexibility index (Phi) is 7.03. The minimum absolute atomic E-state index is 0.225. The third-order valence-electron chi connectivity index (χ3n) is 6.63. The van der Waals surface area contributed by atoms with Crippen LogP contribution in [0.15, 0.2) is 0 Å². The third-order valence-corrected chi connectivity index (χ3v) is 6.63. The van der Waals surface area contributed by atoms with Gasteiger partial charge in [-0.25, -0.2) is 0 Å². The molecule has 0 N–H and O–H groups in total. The number of fused-ring (bicyclic) bond motifs is 3. The zero-order chi connectivity index (χ0) is 22.3. The molecule has 4 rings (SSSR count). The van der Waals surface area contributed by atoms with Crippen molar-refractivity contribution in [3.05, 3.63) is 0 Å². The average Bonchev–Trinajstić information content (AvgIpc) is 3.15. The molecule has 0 aromatic heterocycles. The zero-order valence-electron chi connectivity index (χ0n) is 20.1. The molecular weight excluding hydrogens is 402 g/mol. The number of hydrogen-bond acceptors (Lipinski definition) is 7. The second-order valence-electron chi connectivity index (χ2n) is 10.8. The molecule has 0 saturated carbocycles. The van der Waals surface area contributed by atoms with Crippen LogP contribution < -0.4 is 0 Å². The lowest BCUT2D eigenvalue weighted by Gasteiger charge is -2.42. The van der Waals surface area contributed by atoms with E-state index in [0.717, 1.165) is 43.8 Å². The first kappa shape index (κ1) is 23.8. The summed E-state index contributed by atoms with van der Waals surface area (Å²) in [7, 11) is 0. The van der Waals surface area contributed by atoms with Gasteiger partial charge in [-0.2, -0.15) is 0 Å². The van der Waals surface area contributed by atoms with Gasteiger partial charge in [-0.3, -0.25) is 0 Å². The van der Waals surface area contributed by atoms with E-state index < -0.39 is 17.9 Å². The van der Waals surface area contributed by atoms with Crippen LogP contribution in [0.3, 0.4) is 0 Å². The summed E-state index contributed by atoms with van der Waals surface area (Å²) >= 11 is 0. The molecule has 4 saturated heterocycles. The van der Waals surface area contributed by atoms with Gasteiger partial charge in [-0.05, 0) is 27.7 Å². The first-order valence-electron chi connectivity index (χ1n) is 12.0. The van der Waals surface area contributed by atoms with Crippen molar-refractivity contribution in [2.45, 2.75) is 90.2 Å². The van der Waals surface area contributed by atoms with E-state index in [9.17, 15) is 0 Å². The summed E-state index contributed by atoms with van der Waals surface area (Å²) < 4.78 is 43.4. The van der Waals surface area contributed by atoms with Gasteiger partial charge >= 0.3 is 0 Å². The van der Waals surface area contributed by atoms with Crippen LogP contribution in [0.2, 0.25) is 0 Å². The molecule has 0 spiro atoms. The van der Waals surface area contributed by atoms with E-state index in [4.69, 9.17) is 33.2 Å². The smallest absolute Gasteiger partial charge is 0.190 e. The molecule has 8 heteroatoms. The van der Waals surface area contributed by atoms with Crippen LogP contribution >= 0.6 is 0 Å². The Bertz CT molecular complexity index is 605. The Morgan fingerprint density at radius 3 is 2.26 bits per heavy atom. The van der Waals surface area contributed by atoms with Crippen molar-refractivity contribution >= 4 is 0 Å². The highest BCUT2D eigenvalue weighted by molar-refractivity contribution is 5.00. The van der Waals surface area contributed by atoms with Gasteiger partial charge in [-0.15, -0.1) is 0 Å². The van der Waals surface area contributed by atoms with Crippen molar-refractivity contribution in [3.63, 3.8) is 0 Å². The monoisotopic (exact) mass is 444 g/mol. The summed E-state index contributed by atoms with van der Waals surface area (Å²) in [6.07, 6.45) is -0.428. The molecule has 4 aliphatic heterocycles. The molecule has 5 unspecified atom stereocenters. The Hall–Kier alpha value is -0.320. The fraction of sp³-hybridized carbons (Fsp3) is 1.00. The number of nitrogens with zero attached hydrogens (tertiary/aromatic N) is 1. The van der Waals surface area contributed by atoms with Gasteiger partial charge in [0.2, 0.25) is 0 Å². The highest BCUT2D eigenvalue weighted by atomic mass is 16.9. The molecule has 4 aliphatic rings. The molecule has 0 amide bonds. The minimum Gasteiger partial charge on any atom is -0.378 e. The number of morpholine rings is 1. The van der Waals surface area contributed by atoms with Crippen molar-refractivity contribution in [1.82, 2.24) is 0 Å². The lowest BCUT2D eigenvalue weighted by Crippen LogP contribution is -2.57. The third kappa shape index (κ3) is 5.61. The van der Waals surface area contributed by atoms with Crippen molar-refractivity contribution in [2.24, 2.45) is 5.92 Å². The van der Waals surface area contributed by atoms with Crippen LogP contribution in [-0.2, 0) is 33.2 Å². The SMILES string of the molecule is CC(C)C[N+]1(CCCOCC2OC3OC(C)(C)OC3C3OC(C)(C)OC23)CCOCC1. The largest absolute Gasteiger partial charge is 0.378 e. The van der Waals surface area contributed by atoms with Gasteiger partial charge in [0.1, 0.15) is 37.5 Å². The molecule has 0 aliphatic carbocycles. The van der Waals surface area contributed by atoms with Crippen LogP contribution in [0.5, 0.6) is 0 Å². The number of rotatable bonds is 8. The highest BCUT2D eigenvalue weighted by Gasteiger charge is 2.60. The zero-order valence-corrected chi connectivity index (χ0v) is 20.1. The van der Waals surface area contributed by atoms with Gasteiger partial charge in [-0.1, -0.05) is 13.8 Å². The first-order valence-corrected chi connectivity index (χ1v) is 12.0. The fourth-order valence-corrected chi connectivity index (χ4v) is 5.53. The topological polar surface area (TPSA) is 64.6 Å². The molecular formula is C23H42NO7+. The minimum atomic E-state index is -0.696. The molecule has 4 heterocycles. The van der Waals surface area contributed by atoms with Crippen molar-refractivity contribution < 1.29 is 37.6 Å². The van der Waals surface area contributed by atoms with Gasteiger partial charge in [0, 0.05) is 12.3 Å². The van der Waals surface area contributed by atoms with Crippen LogP contribution in [-0.4, -0.2) is 99.4 Å².